The average molecular weight is 319 g/mol. The number of hydrogen-bond acceptors (Lipinski definition) is 3. The molecule has 1 aliphatic heterocycles. The van der Waals surface area contributed by atoms with Gasteiger partial charge in [0.25, 0.3) is 0 Å². The van der Waals surface area contributed by atoms with Crippen LogP contribution in [0.25, 0.3) is 0 Å². The number of ether oxygens (including phenoxy) is 1. The topological polar surface area (TPSA) is 43.4 Å². The van der Waals surface area contributed by atoms with Gasteiger partial charge in [-0.1, -0.05) is 28.1 Å². The van der Waals surface area contributed by atoms with Crippen molar-refractivity contribution in [3.63, 3.8) is 0 Å². The van der Waals surface area contributed by atoms with E-state index in [4.69, 9.17) is 4.74 Å². The van der Waals surface area contributed by atoms with E-state index in [1.807, 2.05) is 24.3 Å². The van der Waals surface area contributed by atoms with Gasteiger partial charge in [0.05, 0.1) is 18.6 Å². The van der Waals surface area contributed by atoms with E-state index in [1.165, 1.54) is 0 Å². The van der Waals surface area contributed by atoms with Crippen molar-refractivity contribution in [1.29, 1.82) is 0 Å². The van der Waals surface area contributed by atoms with Gasteiger partial charge in [0.2, 0.25) is 0 Å². The molecule has 0 bridgehead atoms. The molecule has 1 aliphatic rings. The lowest BCUT2D eigenvalue weighted by atomic mass is 9.99. The van der Waals surface area contributed by atoms with E-state index in [2.05, 4.69) is 15.9 Å². The second kappa shape index (κ2) is 4.98. The summed E-state index contributed by atoms with van der Waals surface area (Å²) in [6.45, 7) is 0. The van der Waals surface area contributed by atoms with Crippen molar-refractivity contribution in [3.8, 4) is 5.75 Å². The van der Waals surface area contributed by atoms with E-state index >= 15 is 0 Å². The first-order chi connectivity index (χ1) is 8.02. The molecule has 0 amide bonds. The second-order valence-electron chi connectivity index (χ2n) is 4.34. The average Bonchev–Trinajstić information content (AvgIpc) is 2.69. The minimum Gasteiger partial charge on any atom is -0.497 e. The summed E-state index contributed by atoms with van der Waals surface area (Å²) in [5.41, 5.74) is 1.08. The van der Waals surface area contributed by atoms with Crippen LogP contribution in [0.2, 0.25) is 0 Å². The van der Waals surface area contributed by atoms with E-state index in [1.54, 1.807) is 7.11 Å². The monoisotopic (exact) mass is 318 g/mol. The zero-order valence-corrected chi connectivity index (χ0v) is 12.0. The molecular formula is C12H15BrO3S. The fraction of sp³-hybridized carbons (Fsp3) is 0.500. The van der Waals surface area contributed by atoms with Crippen molar-refractivity contribution in [1.82, 2.24) is 0 Å². The molecule has 0 radical (unpaired) electrons. The molecule has 0 aliphatic carbocycles. The Labute approximate surface area is 110 Å². The van der Waals surface area contributed by atoms with Gasteiger partial charge in [-0.25, -0.2) is 8.42 Å². The van der Waals surface area contributed by atoms with Crippen LogP contribution in [0.5, 0.6) is 5.75 Å². The number of alkyl halides is 1. The van der Waals surface area contributed by atoms with E-state index in [0.717, 1.165) is 17.7 Å². The maximum absolute atomic E-state index is 11.5. The molecule has 1 heterocycles. The molecule has 2 rings (SSSR count). The molecule has 0 aromatic heterocycles. The maximum Gasteiger partial charge on any atom is 0.150 e. The van der Waals surface area contributed by atoms with Crippen molar-refractivity contribution in [2.75, 3.05) is 18.6 Å². The third-order valence-corrected chi connectivity index (χ3v) is 6.16. The van der Waals surface area contributed by atoms with Crippen molar-refractivity contribution in [3.05, 3.63) is 29.8 Å². The van der Waals surface area contributed by atoms with Crippen LogP contribution in [0.15, 0.2) is 24.3 Å². The van der Waals surface area contributed by atoms with Gasteiger partial charge in [-0.15, -0.1) is 0 Å². The third-order valence-electron chi connectivity index (χ3n) is 3.09. The highest BCUT2D eigenvalue weighted by Gasteiger charge is 2.33. The van der Waals surface area contributed by atoms with Gasteiger partial charge in [-0.2, -0.15) is 0 Å². The van der Waals surface area contributed by atoms with Gasteiger partial charge in [-0.05, 0) is 30.0 Å². The second-order valence-corrected chi connectivity index (χ2v) is 7.56. The van der Waals surface area contributed by atoms with Gasteiger partial charge in [0.15, 0.2) is 9.84 Å². The summed E-state index contributed by atoms with van der Waals surface area (Å²) in [5, 5.41) is 0. The fourth-order valence-electron chi connectivity index (χ4n) is 2.14. The van der Waals surface area contributed by atoms with Gasteiger partial charge in [-0.3, -0.25) is 0 Å². The third kappa shape index (κ3) is 3.01. The molecule has 1 fully saturated rings. The molecule has 1 aromatic rings. The number of methoxy groups -OCH3 is 1. The van der Waals surface area contributed by atoms with Crippen LogP contribution in [0.3, 0.4) is 0 Å². The molecular weight excluding hydrogens is 304 g/mol. The van der Waals surface area contributed by atoms with Gasteiger partial charge >= 0.3 is 0 Å². The van der Waals surface area contributed by atoms with Gasteiger partial charge < -0.3 is 4.74 Å². The number of halogens is 1. The van der Waals surface area contributed by atoms with Crippen LogP contribution < -0.4 is 4.74 Å². The maximum atomic E-state index is 11.5. The summed E-state index contributed by atoms with van der Waals surface area (Å²) in [7, 11) is -1.20. The number of benzene rings is 1. The molecule has 2 atom stereocenters. The van der Waals surface area contributed by atoms with E-state index < -0.39 is 9.84 Å². The Balaban J connectivity index is 2.17. The summed E-state index contributed by atoms with van der Waals surface area (Å²) >= 11 is 3.61. The van der Waals surface area contributed by atoms with Crippen LogP contribution in [0.4, 0.5) is 0 Å². The standard InChI is InChI=1S/C12H15BrO3S/c1-16-11-4-2-3-9(7-11)12(13)10-5-6-17(14,15)8-10/h2-4,7,10,12H,5-6,8H2,1H3. The lowest BCUT2D eigenvalue weighted by Crippen LogP contribution is -2.10. The van der Waals surface area contributed by atoms with Crippen molar-refractivity contribution >= 4 is 25.8 Å². The van der Waals surface area contributed by atoms with Crippen LogP contribution >= 0.6 is 15.9 Å². The Bertz CT molecular complexity index is 498. The largest absolute Gasteiger partial charge is 0.497 e. The minimum absolute atomic E-state index is 0.0786. The molecule has 2 unspecified atom stereocenters. The molecule has 0 spiro atoms. The van der Waals surface area contributed by atoms with Gasteiger partial charge in [0.1, 0.15) is 5.75 Å². The summed E-state index contributed by atoms with van der Waals surface area (Å²) in [6.07, 6.45) is 0.732. The zero-order valence-electron chi connectivity index (χ0n) is 9.60. The Morgan fingerprint density at radius 1 is 1.47 bits per heavy atom. The molecule has 3 nitrogen and oxygen atoms in total. The van der Waals surface area contributed by atoms with E-state index in [0.29, 0.717) is 5.75 Å². The highest BCUT2D eigenvalue weighted by atomic mass is 79.9. The molecule has 1 aromatic carbocycles. The first kappa shape index (κ1) is 12.9. The number of rotatable bonds is 3. The van der Waals surface area contributed by atoms with Crippen LogP contribution in [-0.2, 0) is 9.84 Å². The molecule has 5 heteroatoms. The van der Waals surface area contributed by atoms with Crippen LogP contribution in [0, 0.1) is 5.92 Å². The lowest BCUT2D eigenvalue weighted by Gasteiger charge is -2.16. The molecule has 94 valence electrons. The fourth-order valence-corrected chi connectivity index (χ4v) is 4.96. The van der Waals surface area contributed by atoms with Crippen LogP contribution in [0.1, 0.15) is 16.8 Å². The highest BCUT2D eigenvalue weighted by molar-refractivity contribution is 9.09. The SMILES string of the molecule is COc1cccc(C(Br)C2CCS(=O)(=O)C2)c1. The Morgan fingerprint density at radius 2 is 2.24 bits per heavy atom. The van der Waals surface area contributed by atoms with Crippen molar-refractivity contribution in [2.45, 2.75) is 11.2 Å². The van der Waals surface area contributed by atoms with Crippen molar-refractivity contribution < 1.29 is 13.2 Å². The molecule has 1 saturated heterocycles. The zero-order chi connectivity index (χ0) is 12.5. The lowest BCUT2D eigenvalue weighted by molar-refractivity contribution is 0.414. The summed E-state index contributed by atoms with van der Waals surface area (Å²) in [5.74, 6) is 1.55. The normalized spacial score (nSPS) is 24.5. The number of sulfone groups is 1. The number of hydrogen-bond donors (Lipinski definition) is 0. The predicted octanol–water partition coefficient (Wildman–Crippen LogP) is 2.57. The van der Waals surface area contributed by atoms with Crippen LogP contribution in [-0.4, -0.2) is 27.0 Å². The van der Waals surface area contributed by atoms with E-state index in [-0.39, 0.29) is 16.5 Å². The Hall–Kier alpha value is -0.550. The summed E-state index contributed by atoms with van der Waals surface area (Å²) in [6, 6.07) is 7.75. The Kier molecular flexibility index (Phi) is 3.78. The first-order valence-corrected chi connectivity index (χ1v) is 8.24. The predicted molar refractivity (Wildman–Crippen MR) is 71.4 cm³/mol. The van der Waals surface area contributed by atoms with E-state index in [9.17, 15) is 8.42 Å². The molecule has 0 saturated carbocycles. The smallest absolute Gasteiger partial charge is 0.150 e. The minimum atomic E-state index is -2.83. The van der Waals surface area contributed by atoms with Crippen molar-refractivity contribution in [2.24, 2.45) is 5.92 Å². The summed E-state index contributed by atoms with van der Waals surface area (Å²) < 4.78 is 28.1. The molecule has 0 N–H and O–H groups in total. The quantitative estimate of drug-likeness (QED) is 0.804. The summed E-state index contributed by atoms with van der Waals surface area (Å²) in [4.78, 5) is 0.0786. The highest BCUT2D eigenvalue weighted by Crippen LogP contribution is 2.38. The first-order valence-electron chi connectivity index (χ1n) is 5.50. The van der Waals surface area contributed by atoms with Gasteiger partial charge in [0, 0.05) is 4.83 Å². The molecule has 17 heavy (non-hydrogen) atoms. The Morgan fingerprint density at radius 3 is 2.82 bits per heavy atom.